The molecule has 4 rings (SSSR count). The molecule has 5 nitrogen and oxygen atoms in total. The Bertz CT molecular complexity index is 746. The van der Waals surface area contributed by atoms with Crippen molar-refractivity contribution in [3.63, 3.8) is 0 Å². The molecule has 132 valence electrons. The van der Waals surface area contributed by atoms with Gasteiger partial charge in [-0.1, -0.05) is 18.9 Å². The van der Waals surface area contributed by atoms with Gasteiger partial charge in [-0.25, -0.2) is 0 Å². The van der Waals surface area contributed by atoms with Crippen LogP contribution in [0.15, 0.2) is 36.7 Å². The second kappa shape index (κ2) is 6.90. The van der Waals surface area contributed by atoms with Crippen molar-refractivity contribution in [1.82, 2.24) is 9.78 Å². The summed E-state index contributed by atoms with van der Waals surface area (Å²) in [6, 6.07) is 8.29. The molecule has 1 N–H and O–H groups in total. The summed E-state index contributed by atoms with van der Waals surface area (Å²) in [5, 5.41) is 7.32. The lowest BCUT2D eigenvalue weighted by atomic mass is 10.2. The lowest BCUT2D eigenvalue weighted by Gasteiger charge is -2.23. The summed E-state index contributed by atoms with van der Waals surface area (Å²) in [5.41, 5.74) is 3.30. The number of nitrogens with zero attached hydrogens (tertiary/aromatic N) is 3. The van der Waals surface area contributed by atoms with Crippen molar-refractivity contribution >= 4 is 17.3 Å². The first-order chi connectivity index (χ1) is 12.2. The molecule has 1 aromatic heterocycles. The summed E-state index contributed by atoms with van der Waals surface area (Å²) in [4.78, 5) is 15.0. The SMILES string of the molecule is Cn1cc(C2CC2C(=O)Nc2cccc(N3CCCCCC3)c2)cn1. The van der Waals surface area contributed by atoms with Crippen LogP contribution in [0.4, 0.5) is 11.4 Å². The number of aromatic nitrogens is 2. The van der Waals surface area contributed by atoms with Gasteiger partial charge >= 0.3 is 0 Å². The third-order valence-electron chi connectivity index (χ3n) is 5.37. The highest BCUT2D eigenvalue weighted by molar-refractivity contribution is 5.95. The fourth-order valence-corrected chi connectivity index (χ4v) is 3.83. The van der Waals surface area contributed by atoms with E-state index in [9.17, 15) is 4.79 Å². The summed E-state index contributed by atoms with van der Waals surface area (Å²) in [5.74, 6) is 0.524. The zero-order valence-corrected chi connectivity index (χ0v) is 14.8. The maximum Gasteiger partial charge on any atom is 0.228 e. The van der Waals surface area contributed by atoms with E-state index in [1.807, 2.05) is 31.6 Å². The van der Waals surface area contributed by atoms with Crippen molar-refractivity contribution in [2.24, 2.45) is 13.0 Å². The molecule has 5 heteroatoms. The van der Waals surface area contributed by atoms with Gasteiger partial charge in [0.25, 0.3) is 0 Å². The van der Waals surface area contributed by atoms with Crippen LogP contribution < -0.4 is 10.2 Å². The van der Waals surface area contributed by atoms with Crippen LogP contribution in [-0.2, 0) is 11.8 Å². The molecule has 2 fully saturated rings. The van der Waals surface area contributed by atoms with E-state index in [1.165, 1.54) is 36.9 Å². The molecule has 0 radical (unpaired) electrons. The Morgan fingerprint density at radius 1 is 1.20 bits per heavy atom. The minimum Gasteiger partial charge on any atom is -0.371 e. The van der Waals surface area contributed by atoms with Gasteiger partial charge in [0.15, 0.2) is 0 Å². The molecule has 1 aromatic carbocycles. The van der Waals surface area contributed by atoms with Crippen LogP contribution in [0.3, 0.4) is 0 Å². The quantitative estimate of drug-likeness (QED) is 0.927. The molecule has 2 atom stereocenters. The molecule has 2 unspecified atom stereocenters. The van der Waals surface area contributed by atoms with E-state index in [2.05, 4.69) is 27.4 Å². The first-order valence-corrected chi connectivity index (χ1v) is 9.35. The Kier molecular flexibility index (Phi) is 4.47. The molecule has 0 bridgehead atoms. The van der Waals surface area contributed by atoms with Crippen molar-refractivity contribution < 1.29 is 4.79 Å². The van der Waals surface area contributed by atoms with Crippen LogP contribution >= 0.6 is 0 Å². The molecule has 1 aliphatic carbocycles. The number of carbonyl (C=O) groups is 1. The second-order valence-corrected chi connectivity index (χ2v) is 7.34. The Morgan fingerprint density at radius 3 is 2.72 bits per heavy atom. The van der Waals surface area contributed by atoms with Crippen molar-refractivity contribution in [3.05, 3.63) is 42.2 Å². The molecular weight excluding hydrogens is 312 g/mol. The van der Waals surface area contributed by atoms with E-state index >= 15 is 0 Å². The normalized spacial score (nSPS) is 23.2. The topological polar surface area (TPSA) is 50.2 Å². The number of amides is 1. The number of nitrogens with one attached hydrogen (secondary N) is 1. The number of carbonyl (C=O) groups excluding carboxylic acids is 1. The zero-order chi connectivity index (χ0) is 17.2. The van der Waals surface area contributed by atoms with E-state index in [0.717, 1.165) is 25.2 Å². The molecule has 25 heavy (non-hydrogen) atoms. The molecular formula is C20H26N4O. The largest absolute Gasteiger partial charge is 0.371 e. The van der Waals surface area contributed by atoms with Gasteiger partial charge in [-0.15, -0.1) is 0 Å². The zero-order valence-electron chi connectivity index (χ0n) is 14.8. The minimum atomic E-state index is 0.0750. The second-order valence-electron chi connectivity index (χ2n) is 7.34. The Hall–Kier alpha value is -2.30. The Labute approximate surface area is 149 Å². The summed E-state index contributed by atoms with van der Waals surface area (Å²) >= 11 is 0. The van der Waals surface area contributed by atoms with Crippen LogP contribution in [-0.4, -0.2) is 28.8 Å². The van der Waals surface area contributed by atoms with Crippen molar-refractivity contribution in [1.29, 1.82) is 0 Å². The summed E-state index contributed by atoms with van der Waals surface area (Å²) in [6.45, 7) is 2.23. The first kappa shape index (κ1) is 16.2. The monoisotopic (exact) mass is 338 g/mol. The molecule has 2 heterocycles. The van der Waals surface area contributed by atoms with Crippen LogP contribution in [0.25, 0.3) is 0 Å². The molecule has 1 amide bonds. The predicted molar refractivity (Wildman–Crippen MR) is 99.8 cm³/mol. The third kappa shape index (κ3) is 3.70. The van der Waals surface area contributed by atoms with Gasteiger partial charge in [0.1, 0.15) is 0 Å². The van der Waals surface area contributed by atoms with Gasteiger partial charge in [-0.3, -0.25) is 9.48 Å². The Balaban J connectivity index is 1.39. The van der Waals surface area contributed by atoms with Gasteiger partial charge in [-0.2, -0.15) is 5.10 Å². The van der Waals surface area contributed by atoms with E-state index in [1.54, 1.807) is 4.68 Å². The highest BCUT2D eigenvalue weighted by atomic mass is 16.2. The molecule has 0 spiro atoms. The highest BCUT2D eigenvalue weighted by Crippen LogP contribution is 2.47. The van der Waals surface area contributed by atoms with Gasteiger partial charge in [0.05, 0.1) is 6.20 Å². The van der Waals surface area contributed by atoms with Crippen molar-refractivity contribution in [3.8, 4) is 0 Å². The average molecular weight is 338 g/mol. The predicted octanol–water partition coefficient (Wildman–Crippen LogP) is 3.54. The number of rotatable bonds is 4. The van der Waals surface area contributed by atoms with Gasteiger partial charge in [0, 0.05) is 43.6 Å². The molecule has 2 aromatic rings. The minimum absolute atomic E-state index is 0.0750. The van der Waals surface area contributed by atoms with Gasteiger partial charge in [0.2, 0.25) is 5.91 Å². The highest BCUT2D eigenvalue weighted by Gasteiger charge is 2.44. The number of hydrogen-bond donors (Lipinski definition) is 1. The van der Waals surface area contributed by atoms with Crippen molar-refractivity contribution in [2.75, 3.05) is 23.3 Å². The fraction of sp³-hybridized carbons (Fsp3) is 0.500. The van der Waals surface area contributed by atoms with E-state index in [0.29, 0.717) is 5.92 Å². The number of aryl methyl sites for hydroxylation is 1. The number of hydrogen-bond acceptors (Lipinski definition) is 3. The van der Waals surface area contributed by atoms with Crippen LogP contribution in [0.5, 0.6) is 0 Å². The summed E-state index contributed by atoms with van der Waals surface area (Å²) < 4.78 is 1.80. The number of benzene rings is 1. The smallest absolute Gasteiger partial charge is 0.228 e. The van der Waals surface area contributed by atoms with E-state index in [4.69, 9.17) is 0 Å². The molecule has 1 saturated heterocycles. The standard InChI is InChI=1S/C20H26N4O/c1-23-14-15(13-21-23)18-12-19(18)20(25)22-16-7-6-8-17(11-16)24-9-4-2-3-5-10-24/h6-8,11,13-14,18-19H,2-5,9-10,12H2,1H3,(H,22,25). The number of anilines is 2. The van der Waals surface area contributed by atoms with Crippen molar-refractivity contribution in [2.45, 2.75) is 38.0 Å². The fourth-order valence-electron chi connectivity index (χ4n) is 3.83. The van der Waals surface area contributed by atoms with Gasteiger partial charge in [-0.05, 0) is 48.9 Å². The maximum absolute atomic E-state index is 12.6. The molecule has 1 saturated carbocycles. The maximum atomic E-state index is 12.6. The van der Waals surface area contributed by atoms with Gasteiger partial charge < -0.3 is 10.2 Å². The van der Waals surface area contributed by atoms with Crippen LogP contribution in [0.2, 0.25) is 0 Å². The lowest BCUT2D eigenvalue weighted by molar-refractivity contribution is -0.117. The molecule has 2 aliphatic rings. The van der Waals surface area contributed by atoms with E-state index < -0.39 is 0 Å². The third-order valence-corrected chi connectivity index (χ3v) is 5.37. The van der Waals surface area contributed by atoms with E-state index in [-0.39, 0.29) is 11.8 Å². The summed E-state index contributed by atoms with van der Waals surface area (Å²) in [7, 11) is 1.91. The Morgan fingerprint density at radius 2 is 2.00 bits per heavy atom. The van der Waals surface area contributed by atoms with Crippen LogP contribution in [0, 0.1) is 5.92 Å². The first-order valence-electron chi connectivity index (χ1n) is 9.35. The average Bonchev–Trinajstić information content (AvgIpc) is 3.36. The molecule has 1 aliphatic heterocycles. The summed E-state index contributed by atoms with van der Waals surface area (Å²) in [6.07, 6.45) is 9.96. The van der Waals surface area contributed by atoms with Crippen LogP contribution in [0.1, 0.15) is 43.6 Å². The lowest BCUT2D eigenvalue weighted by Crippen LogP contribution is -2.24.